The van der Waals surface area contributed by atoms with Gasteiger partial charge in [-0.1, -0.05) is 121 Å². The Morgan fingerprint density at radius 2 is 0.941 bits per heavy atom. The molecule has 51 heavy (non-hydrogen) atoms. The summed E-state index contributed by atoms with van der Waals surface area (Å²) in [7, 11) is 0. The fraction of sp³-hybridized carbons (Fsp3) is 0. The van der Waals surface area contributed by atoms with Crippen molar-refractivity contribution in [1.82, 2.24) is 4.57 Å². The smallest absolute Gasteiger partial charge is 0.137 e. The van der Waals surface area contributed by atoms with Gasteiger partial charge in [-0.05, 0) is 89.0 Å². The second kappa shape index (κ2) is 11.9. The number of aromatic nitrogens is 1. The molecule has 3 heteroatoms. The molecule has 240 valence electrons. The molecular weight excluding hydrogens is 621 g/mol. The highest BCUT2D eigenvalue weighted by atomic mass is 16.3. The molecule has 0 radical (unpaired) electrons. The lowest BCUT2D eigenvalue weighted by molar-refractivity contribution is 0.669. The molecule has 0 saturated carbocycles. The SMILES string of the molecule is [2H]c1c([2H])c([2H])c(-c2ccc(N(c3ccc(-c4c([2H])c([2H])c([2H])c([2H])c4[2H])cc3)c3ccc4c(c3)oc3ccc(-n5c6ccccc6c6ccccc65)cc34)cc2)c([2H])c1[2H]. The summed E-state index contributed by atoms with van der Waals surface area (Å²) in [4.78, 5) is 1.97. The Balaban J connectivity index is 1.11. The molecule has 2 aromatic heterocycles. The Morgan fingerprint density at radius 3 is 1.51 bits per heavy atom. The maximum atomic E-state index is 8.53. The van der Waals surface area contributed by atoms with Crippen molar-refractivity contribution in [2.24, 2.45) is 0 Å². The van der Waals surface area contributed by atoms with Crippen LogP contribution in [0.25, 0.3) is 71.7 Å². The topological polar surface area (TPSA) is 21.3 Å². The van der Waals surface area contributed by atoms with Gasteiger partial charge in [0.2, 0.25) is 0 Å². The number of nitrogens with zero attached hydrogens (tertiary/aromatic N) is 2. The number of anilines is 3. The van der Waals surface area contributed by atoms with Crippen molar-refractivity contribution in [3.05, 3.63) is 194 Å². The van der Waals surface area contributed by atoms with E-state index in [0.717, 1.165) is 33.2 Å². The van der Waals surface area contributed by atoms with Crippen molar-refractivity contribution in [1.29, 1.82) is 0 Å². The molecule has 2 heterocycles. The lowest BCUT2D eigenvalue weighted by Gasteiger charge is -2.26. The summed E-state index contributed by atoms with van der Waals surface area (Å²) in [6, 6.07) is 39.2. The molecule has 0 N–H and O–H groups in total. The lowest BCUT2D eigenvalue weighted by atomic mass is 10.0. The standard InChI is InChI=1S/C48H32N2O/c1-3-11-33(12-4-1)35-19-23-37(24-20-35)49(38-25-21-36(22-26-38)34-13-5-2-6-14-34)40-27-29-43-44-31-39(28-30-47(44)51-48(43)32-40)50-45-17-9-7-15-41(45)42-16-8-10-18-46(42)50/h1-32H/i1D,2D,3D,4D,5D,6D,11D,12D,13D,14D. The van der Waals surface area contributed by atoms with Crippen LogP contribution in [0.15, 0.2) is 198 Å². The van der Waals surface area contributed by atoms with Crippen LogP contribution < -0.4 is 4.90 Å². The molecule has 0 saturated heterocycles. The first-order chi connectivity index (χ1) is 29.4. The van der Waals surface area contributed by atoms with Gasteiger partial charge >= 0.3 is 0 Å². The monoisotopic (exact) mass is 662 g/mol. The van der Waals surface area contributed by atoms with Gasteiger partial charge in [0.15, 0.2) is 0 Å². The maximum Gasteiger partial charge on any atom is 0.137 e. The van der Waals surface area contributed by atoms with Crippen molar-refractivity contribution in [3.8, 4) is 27.9 Å². The normalized spacial score (nSPS) is 14.3. The van der Waals surface area contributed by atoms with Crippen LogP contribution in [-0.2, 0) is 0 Å². The fourth-order valence-corrected chi connectivity index (χ4v) is 7.02. The molecule has 0 spiro atoms. The summed E-state index contributed by atoms with van der Waals surface area (Å²) < 4.78 is 91.8. The predicted octanol–water partition coefficient (Wildman–Crippen LogP) is 13.5. The van der Waals surface area contributed by atoms with Gasteiger partial charge in [0, 0.05) is 50.4 Å². The van der Waals surface area contributed by atoms with Crippen molar-refractivity contribution < 1.29 is 18.1 Å². The molecule has 0 aliphatic rings. The molecule has 0 unspecified atom stereocenters. The van der Waals surface area contributed by atoms with E-state index in [2.05, 4.69) is 53.1 Å². The first-order valence-corrected chi connectivity index (χ1v) is 16.5. The minimum absolute atomic E-state index is 0.0936. The summed E-state index contributed by atoms with van der Waals surface area (Å²) in [5.74, 6) is 0. The zero-order chi connectivity index (χ0) is 42.4. The van der Waals surface area contributed by atoms with Crippen LogP contribution in [0.5, 0.6) is 0 Å². The van der Waals surface area contributed by atoms with Gasteiger partial charge in [-0.15, -0.1) is 0 Å². The molecule has 0 aliphatic heterocycles. The number of hydrogen-bond donors (Lipinski definition) is 0. The van der Waals surface area contributed by atoms with E-state index in [1.54, 1.807) is 48.5 Å². The van der Waals surface area contributed by atoms with Crippen molar-refractivity contribution in [2.75, 3.05) is 4.90 Å². The quantitative estimate of drug-likeness (QED) is 0.177. The zero-order valence-corrected chi connectivity index (χ0v) is 27.0. The highest BCUT2D eigenvalue weighted by molar-refractivity contribution is 6.11. The number of rotatable bonds is 6. The number of para-hydroxylation sites is 2. The van der Waals surface area contributed by atoms with Crippen LogP contribution in [0.4, 0.5) is 17.1 Å². The average Bonchev–Trinajstić information content (AvgIpc) is 3.82. The second-order valence-electron chi connectivity index (χ2n) is 12.3. The van der Waals surface area contributed by atoms with E-state index in [4.69, 9.17) is 18.1 Å². The molecular formula is C48H32N2O. The van der Waals surface area contributed by atoms with Crippen LogP contribution in [0.3, 0.4) is 0 Å². The zero-order valence-electron chi connectivity index (χ0n) is 37.0. The van der Waals surface area contributed by atoms with Crippen LogP contribution >= 0.6 is 0 Å². The van der Waals surface area contributed by atoms with E-state index >= 15 is 0 Å². The third kappa shape index (κ3) is 4.98. The van der Waals surface area contributed by atoms with Crippen LogP contribution in [0, 0.1) is 0 Å². The summed E-state index contributed by atoms with van der Waals surface area (Å²) in [6.07, 6.45) is 0. The van der Waals surface area contributed by atoms with Gasteiger partial charge in [-0.25, -0.2) is 0 Å². The number of furan rings is 1. The van der Waals surface area contributed by atoms with Gasteiger partial charge in [0.1, 0.15) is 11.2 Å². The highest BCUT2D eigenvalue weighted by Gasteiger charge is 2.18. The Hall–Kier alpha value is -6.84. The van der Waals surface area contributed by atoms with E-state index < -0.39 is 36.3 Å². The summed E-state index contributed by atoms with van der Waals surface area (Å²) >= 11 is 0. The van der Waals surface area contributed by atoms with Crippen LogP contribution in [-0.4, -0.2) is 4.57 Å². The lowest BCUT2D eigenvalue weighted by Crippen LogP contribution is -2.09. The third-order valence-electron chi connectivity index (χ3n) is 9.36. The number of fused-ring (bicyclic) bond motifs is 6. The highest BCUT2D eigenvalue weighted by Crippen LogP contribution is 2.41. The van der Waals surface area contributed by atoms with E-state index in [-0.39, 0.29) is 35.3 Å². The molecule has 10 rings (SSSR count). The molecule has 0 aliphatic carbocycles. The van der Waals surface area contributed by atoms with E-state index in [9.17, 15) is 0 Å². The summed E-state index contributed by atoms with van der Waals surface area (Å²) in [5.41, 5.74) is 7.72. The third-order valence-corrected chi connectivity index (χ3v) is 9.36. The van der Waals surface area contributed by atoms with Gasteiger partial charge in [0.05, 0.1) is 24.7 Å². The molecule has 0 amide bonds. The Kier molecular flexibility index (Phi) is 4.83. The van der Waals surface area contributed by atoms with Crippen LogP contribution in [0.1, 0.15) is 13.7 Å². The molecule has 8 aromatic carbocycles. The Morgan fingerprint density at radius 1 is 0.412 bits per heavy atom. The second-order valence-corrected chi connectivity index (χ2v) is 12.3. The molecule has 0 bridgehead atoms. The largest absolute Gasteiger partial charge is 0.456 e. The average molecular weight is 663 g/mol. The van der Waals surface area contributed by atoms with Crippen molar-refractivity contribution in [3.63, 3.8) is 0 Å². The van der Waals surface area contributed by atoms with Gasteiger partial charge in [-0.2, -0.15) is 0 Å². The molecule has 0 atom stereocenters. The van der Waals surface area contributed by atoms with Gasteiger partial charge < -0.3 is 13.9 Å². The minimum atomic E-state index is -0.461. The Bertz CT molecular complexity index is 3210. The molecule has 10 aromatic rings. The van der Waals surface area contributed by atoms with Gasteiger partial charge in [-0.3, -0.25) is 0 Å². The molecule has 0 fully saturated rings. The number of hydrogen-bond acceptors (Lipinski definition) is 2. The van der Waals surface area contributed by atoms with Crippen molar-refractivity contribution >= 4 is 60.8 Å². The van der Waals surface area contributed by atoms with E-state index in [1.165, 1.54) is 10.8 Å². The molecule has 3 nitrogen and oxygen atoms in total. The first kappa shape index (κ1) is 20.6. The van der Waals surface area contributed by atoms with Crippen LogP contribution in [0.2, 0.25) is 0 Å². The maximum absolute atomic E-state index is 8.53. The fourth-order valence-electron chi connectivity index (χ4n) is 7.02. The van der Waals surface area contributed by atoms with Gasteiger partial charge in [0.25, 0.3) is 0 Å². The number of benzene rings is 8. The summed E-state index contributed by atoms with van der Waals surface area (Å²) in [5, 5.41) is 4.19. The van der Waals surface area contributed by atoms with E-state index in [1.807, 2.05) is 41.3 Å². The summed E-state index contributed by atoms with van der Waals surface area (Å²) in [6.45, 7) is 0. The minimum Gasteiger partial charge on any atom is -0.456 e. The van der Waals surface area contributed by atoms with Crippen molar-refractivity contribution in [2.45, 2.75) is 0 Å². The first-order valence-electron chi connectivity index (χ1n) is 21.5. The predicted molar refractivity (Wildman–Crippen MR) is 214 cm³/mol. The van der Waals surface area contributed by atoms with E-state index in [0.29, 0.717) is 33.7 Å². The Labute approximate surface area is 309 Å².